The second kappa shape index (κ2) is 8.81. The van der Waals surface area contributed by atoms with Gasteiger partial charge in [0.15, 0.2) is 0 Å². The van der Waals surface area contributed by atoms with Gasteiger partial charge in [-0.2, -0.15) is 0 Å². The minimum absolute atomic E-state index is 0.169. The van der Waals surface area contributed by atoms with Gasteiger partial charge in [0.1, 0.15) is 35.3 Å². The van der Waals surface area contributed by atoms with E-state index in [2.05, 4.69) is 4.90 Å². The quantitative estimate of drug-likeness (QED) is 0.367. The van der Waals surface area contributed by atoms with Gasteiger partial charge >= 0.3 is 0 Å². The van der Waals surface area contributed by atoms with Gasteiger partial charge in [0.2, 0.25) is 11.2 Å². The van der Waals surface area contributed by atoms with E-state index in [-0.39, 0.29) is 11.2 Å². The average Bonchev–Trinajstić information content (AvgIpc) is 2.83. The van der Waals surface area contributed by atoms with Crippen molar-refractivity contribution in [2.45, 2.75) is 20.0 Å². The van der Waals surface area contributed by atoms with Crippen molar-refractivity contribution in [3.05, 3.63) is 92.8 Å². The van der Waals surface area contributed by atoms with Crippen molar-refractivity contribution in [2.24, 2.45) is 0 Å². The zero-order chi connectivity index (χ0) is 22.9. The second-order valence-corrected chi connectivity index (χ2v) is 8.34. The van der Waals surface area contributed by atoms with Gasteiger partial charge in [-0.05, 0) is 61.0 Å². The molecule has 0 unspecified atom stereocenters. The molecule has 5 rings (SSSR count). The third-order valence-corrected chi connectivity index (χ3v) is 5.88. The minimum Gasteiger partial charge on any atom is -0.497 e. The lowest BCUT2D eigenvalue weighted by Gasteiger charge is -2.29. The first kappa shape index (κ1) is 21.4. The average molecular weight is 464 g/mol. The van der Waals surface area contributed by atoms with Crippen LogP contribution in [0.4, 0.5) is 0 Å². The van der Waals surface area contributed by atoms with Gasteiger partial charge in [-0.25, -0.2) is 0 Å². The maximum atomic E-state index is 13.3. The van der Waals surface area contributed by atoms with E-state index in [4.69, 9.17) is 30.2 Å². The van der Waals surface area contributed by atoms with E-state index in [1.165, 1.54) is 0 Å². The second-order valence-electron chi connectivity index (χ2n) is 7.90. The van der Waals surface area contributed by atoms with E-state index in [9.17, 15) is 4.79 Å². The van der Waals surface area contributed by atoms with Gasteiger partial charge in [0, 0.05) is 18.1 Å². The Morgan fingerprint density at radius 1 is 1.00 bits per heavy atom. The molecule has 0 N–H and O–H groups in total. The minimum atomic E-state index is -0.220. The lowest BCUT2D eigenvalue weighted by atomic mass is 10.1. The van der Waals surface area contributed by atoms with Gasteiger partial charge in [-0.1, -0.05) is 23.7 Å². The number of methoxy groups -OCH3 is 1. The van der Waals surface area contributed by atoms with Crippen molar-refractivity contribution >= 4 is 22.6 Å². The van der Waals surface area contributed by atoms with Crippen molar-refractivity contribution in [3.63, 3.8) is 0 Å². The Morgan fingerprint density at radius 2 is 1.73 bits per heavy atom. The van der Waals surface area contributed by atoms with Crippen molar-refractivity contribution in [2.75, 3.05) is 13.8 Å². The lowest BCUT2D eigenvalue weighted by molar-refractivity contribution is 0.0889. The molecule has 0 fully saturated rings. The molecule has 33 heavy (non-hydrogen) atoms. The number of fused-ring (bicyclic) bond motifs is 3. The van der Waals surface area contributed by atoms with E-state index in [1.54, 1.807) is 44.4 Å². The fraction of sp³-hybridized carbons (Fsp3) is 0.192. The maximum Gasteiger partial charge on any atom is 0.235 e. The van der Waals surface area contributed by atoms with E-state index >= 15 is 0 Å². The van der Waals surface area contributed by atoms with E-state index in [1.807, 2.05) is 30.3 Å². The highest BCUT2D eigenvalue weighted by atomic mass is 35.5. The van der Waals surface area contributed by atoms with Crippen LogP contribution in [0, 0.1) is 6.92 Å². The van der Waals surface area contributed by atoms with Crippen molar-refractivity contribution in [1.29, 1.82) is 0 Å². The summed E-state index contributed by atoms with van der Waals surface area (Å²) in [6.07, 6.45) is 0. The van der Waals surface area contributed by atoms with E-state index in [0.717, 1.165) is 16.9 Å². The highest BCUT2D eigenvalue weighted by Gasteiger charge is 2.24. The number of ether oxygens (including phenoxy) is 3. The van der Waals surface area contributed by atoms with Crippen LogP contribution in [0.15, 0.2) is 69.9 Å². The topological polar surface area (TPSA) is 61.1 Å². The maximum absolute atomic E-state index is 13.3. The summed E-state index contributed by atoms with van der Waals surface area (Å²) >= 11 is 6.00. The smallest absolute Gasteiger partial charge is 0.235 e. The molecule has 4 aromatic rings. The largest absolute Gasteiger partial charge is 0.497 e. The van der Waals surface area contributed by atoms with Gasteiger partial charge < -0.3 is 18.6 Å². The summed E-state index contributed by atoms with van der Waals surface area (Å²) in [5.41, 5.74) is 2.28. The normalized spacial score (nSPS) is 13.4. The highest BCUT2D eigenvalue weighted by molar-refractivity contribution is 6.30. The van der Waals surface area contributed by atoms with Gasteiger partial charge in [-0.3, -0.25) is 9.69 Å². The Bertz CT molecular complexity index is 1360. The monoisotopic (exact) mass is 463 g/mol. The number of halogens is 1. The SMILES string of the molecule is COc1ccc(Oc2c(C)oc3c4c(ccc3c2=O)OCN(Cc2ccc(Cl)cc2)C4)cc1. The molecular weight excluding hydrogens is 442 g/mol. The molecule has 1 aliphatic rings. The summed E-state index contributed by atoms with van der Waals surface area (Å²) in [6, 6.07) is 18.3. The number of nitrogens with zero attached hydrogens (tertiary/aromatic N) is 1. The third-order valence-electron chi connectivity index (χ3n) is 5.63. The molecule has 2 heterocycles. The van der Waals surface area contributed by atoms with Crippen LogP contribution < -0.4 is 19.6 Å². The predicted octanol–water partition coefficient (Wildman–Crippen LogP) is 5.91. The summed E-state index contributed by atoms with van der Waals surface area (Å²) in [7, 11) is 1.60. The number of hydrogen-bond donors (Lipinski definition) is 0. The summed E-state index contributed by atoms with van der Waals surface area (Å²) in [4.78, 5) is 15.4. The van der Waals surface area contributed by atoms with E-state index in [0.29, 0.717) is 53.1 Å². The van der Waals surface area contributed by atoms with E-state index < -0.39 is 0 Å². The zero-order valence-electron chi connectivity index (χ0n) is 18.3. The fourth-order valence-electron chi connectivity index (χ4n) is 3.93. The highest BCUT2D eigenvalue weighted by Crippen LogP contribution is 2.34. The molecule has 6 nitrogen and oxygen atoms in total. The Balaban J connectivity index is 1.47. The molecule has 0 spiro atoms. The standard InChI is InChI=1S/C26H22ClNO5/c1-16-25(33-20-9-7-19(30-2)8-10-20)24(29)21-11-12-23-22(26(21)32-16)14-28(15-31-23)13-17-3-5-18(27)6-4-17/h3-12H,13-15H2,1-2H3. The number of rotatable bonds is 5. The molecule has 1 aromatic heterocycles. The van der Waals surface area contributed by atoms with Crippen LogP contribution in [0.3, 0.4) is 0 Å². The van der Waals surface area contributed by atoms with Crippen LogP contribution in [-0.4, -0.2) is 18.7 Å². The lowest BCUT2D eigenvalue weighted by Crippen LogP contribution is -2.31. The first-order valence-corrected chi connectivity index (χ1v) is 10.9. The first-order valence-electron chi connectivity index (χ1n) is 10.5. The molecule has 0 bridgehead atoms. The number of aryl methyl sites for hydroxylation is 1. The van der Waals surface area contributed by atoms with Crippen LogP contribution in [-0.2, 0) is 13.1 Å². The first-order chi connectivity index (χ1) is 16.0. The molecule has 3 aromatic carbocycles. The molecule has 0 saturated carbocycles. The van der Waals surface area contributed by atoms with Crippen LogP contribution in [0.2, 0.25) is 5.02 Å². The summed E-state index contributed by atoms with van der Waals surface area (Å²) in [6.45, 7) is 3.46. The summed E-state index contributed by atoms with van der Waals surface area (Å²) < 4.78 is 23.2. The molecule has 0 saturated heterocycles. The van der Waals surface area contributed by atoms with Crippen molar-refractivity contribution < 1.29 is 18.6 Å². The van der Waals surface area contributed by atoms with Gasteiger partial charge in [-0.15, -0.1) is 0 Å². The van der Waals surface area contributed by atoms with Crippen LogP contribution in [0.5, 0.6) is 23.0 Å². The Labute approximate surface area is 195 Å². The molecule has 0 atom stereocenters. The summed E-state index contributed by atoms with van der Waals surface area (Å²) in [5, 5.41) is 1.16. The number of hydrogen-bond acceptors (Lipinski definition) is 6. The predicted molar refractivity (Wildman–Crippen MR) is 126 cm³/mol. The Morgan fingerprint density at radius 3 is 2.45 bits per heavy atom. The third kappa shape index (κ3) is 4.27. The molecule has 168 valence electrons. The summed E-state index contributed by atoms with van der Waals surface area (Å²) in [5.74, 6) is 2.54. The van der Waals surface area contributed by atoms with Crippen LogP contribution >= 0.6 is 11.6 Å². The zero-order valence-corrected chi connectivity index (χ0v) is 19.0. The van der Waals surface area contributed by atoms with Gasteiger partial charge in [0.05, 0.1) is 18.1 Å². The van der Waals surface area contributed by atoms with Crippen LogP contribution in [0.25, 0.3) is 11.0 Å². The molecule has 0 amide bonds. The number of benzene rings is 3. The van der Waals surface area contributed by atoms with Crippen molar-refractivity contribution in [3.8, 4) is 23.0 Å². The Kier molecular flexibility index (Phi) is 5.70. The molecule has 0 aliphatic carbocycles. The molecule has 0 radical (unpaired) electrons. The fourth-order valence-corrected chi connectivity index (χ4v) is 4.06. The molecule has 1 aliphatic heterocycles. The van der Waals surface area contributed by atoms with Crippen molar-refractivity contribution in [1.82, 2.24) is 4.90 Å². The van der Waals surface area contributed by atoms with Gasteiger partial charge in [0.25, 0.3) is 0 Å². The van der Waals surface area contributed by atoms with Crippen LogP contribution in [0.1, 0.15) is 16.9 Å². The molecule has 7 heteroatoms. The molecular formula is C26H22ClNO5. The Hall–Kier alpha value is -3.48.